The van der Waals surface area contributed by atoms with Crippen molar-refractivity contribution in [2.24, 2.45) is 0 Å². The van der Waals surface area contributed by atoms with Crippen LogP contribution in [0.3, 0.4) is 0 Å². The van der Waals surface area contributed by atoms with Crippen LogP contribution in [0.15, 0.2) is 63.7 Å². The predicted octanol–water partition coefficient (Wildman–Crippen LogP) is 4.33. The van der Waals surface area contributed by atoms with Crippen LogP contribution in [0.5, 0.6) is 5.75 Å². The molecule has 0 N–H and O–H groups in total. The quantitative estimate of drug-likeness (QED) is 0.436. The molecule has 0 saturated heterocycles. The van der Waals surface area contributed by atoms with Gasteiger partial charge in [-0.3, -0.25) is 4.79 Å². The first kappa shape index (κ1) is 18.7. The van der Waals surface area contributed by atoms with Gasteiger partial charge in [-0.25, -0.2) is 4.98 Å². The minimum absolute atomic E-state index is 0.129. The van der Waals surface area contributed by atoms with Crippen LogP contribution in [0.4, 0.5) is 0 Å². The first-order valence-corrected chi connectivity index (χ1v) is 9.37. The van der Waals surface area contributed by atoms with Gasteiger partial charge in [-0.2, -0.15) is 0 Å². The Morgan fingerprint density at radius 2 is 2.00 bits per heavy atom. The number of pyridine rings is 1. The number of aryl methyl sites for hydroxylation is 1. The largest absolute Gasteiger partial charge is 0.494 e. The number of aromatic nitrogens is 2. The van der Waals surface area contributed by atoms with Crippen LogP contribution in [-0.4, -0.2) is 41.1 Å². The van der Waals surface area contributed by atoms with Crippen molar-refractivity contribution < 1.29 is 18.5 Å². The van der Waals surface area contributed by atoms with E-state index in [-0.39, 0.29) is 5.91 Å². The number of furan rings is 1. The highest BCUT2D eigenvalue weighted by Gasteiger charge is 2.22. The van der Waals surface area contributed by atoms with Crippen molar-refractivity contribution in [2.75, 3.05) is 20.2 Å². The van der Waals surface area contributed by atoms with Gasteiger partial charge in [0, 0.05) is 13.6 Å². The van der Waals surface area contributed by atoms with Gasteiger partial charge in [-0.05, 0) is 43.7 Å². The Hall–Kier alpha value is -3.61. The molecule has 4 aromatic rings. The Labute approximate surface area is 167 Å². The molecule has 0 aliphatic carbocycles. The topological polar surface area (TPSA) is 81.6 Å². The number of fused-ring (bicyclic) bond motifs is 1. The van der Waals surface area contributed by atoms with E-state index in [1.165, 1.54) is 0 Å². The molecule has 0 aliphatic rings. The van der Waals surface area contributed by atoms with Crippen LogP contribution < -0.4 is 4.74 Å². The second-order valence-electron chi connectivity index (χ2n) is 6.72. The smallest absolute Gasteiger partial charge is 0.259 e. The average Bonchev–Trinajstić information content (AvgIpc) is 3.41. The third-order valence-corrected chi connectivity index (χ3v) is 4.62. The van der Waals surface area contributed by atoms with Crippen LogP contribution in [0.25, 0.3) is 22.6 Å². The van der Waals surface area contributed by atoms with Crippen molar-refractivity contribution in [3.63, 3.8) is 0 Å². The summed E-state index contributed by atoms with van der Waals surface area (Å²) in [7, 11) is 1.77. The molecule has 0 bridgehead atoms. The highest BCUT2D eigenvalue weighted by molar-refractivity contribution is 6.06. The Morgan fingerprint density at radius 1 is 1.17 bits per heavy atom. The lowest BCUT2D eigenvalue weighted by molar-refractivity contribution is 0.0789. The maximum atomic E-state index is 13.2. The zero-order chi connectivity index (χ0) is 20.2. The molecule has 0 saturated carbocycles. The number of rotatable bonds is 7. The maximum Gasteiger partial charge on any atom is 0.259 e. The average molecular weight is 391 g/mol. The Morgan fingerprint density at radius 3 is 2.76 bits per heavy atom. The van der Waals surface area contributed by atoms with Gasteiger partial charge in [0.15, 0.2) is 5.76 Å². The van der Waals surface area contributed by atoms with E-state index < -0.39 is 0 Å². The van der Waals surface area contributed by atoms with E-state index in [1.54, 1.807) is 43.3 Å². The number of ether oxygens (including phenoxy) is 1. The van der Waals surface area contributed by atoms with E-state index >= 15 is 0 Å². The summed E-state index contributed by atoms with van der Waals surface area (Å²) in [5.41, 5.74) is 1.97. The summed E-state index contributed by atoms with van der Waals surface area (Å²) in [6, 6.07) is 14.9. The maximum absolute atomic E-state index is 13.2. The molecule has 0 radical (unpaired) electrons. The molecule has 0 fully saturated rings. The normalized spacial score (nSPS) is 11.0. The Kier molecular flexibility index (Phi) is 5.29. The van der Waals surface area contributed by atoms with Gasteiger partial charge in [0.25, 0.3) is 11.6 Å². The van der Waals surface area contributed by atoms with E-state index in [4.69, 9.17) is 13.7 Å². The van der Waals surface area contributed by atoms with Crippen LogP contribution in [0.1, 0.15) is 22.5 Å². The molecule has 3 heterocycles. The van der Waals surface area contributed by atoms with Gasteiger partial charge in [0.2, 0.25) is 0 Å². The molecule has 29 heavy (non-hydrogen) atoms. The third-order valence-electron chi connectivity index (χ3n) is 4.62. The molecule has 0 spiro atoms. The highest BCUT2D eigenvalue weighted by Crippen LogP contribution is 2.28. The summed E-state index contributed by atoms with van der Waals surface area (Å²) in [5, 5.41) is 4.59. The molecule has 1 amide bonds. The van der Waals surface area contributed by atoms with Crippen LogP contribution >= 0.6 is 0 Å². The second-order valence-corrected chi connectivity index (χ2v) is 6.72. The number of amides is 1. The molecule has 0 unspecified atom stereocenters. The zero-order valence-electron chi connectivity index (χ0n) is 16.3. The molecular weight excluding hydrogens is 370 g/mol. The molecule has 0 atom stereocenters. The van der Waals surface area contributed by atoms with Crippen LogP contribution in [0, 0.1) is 6.92 Å². The van der Waals surface area contributed by atoms with Gasteiger partial charge in [-0.15, -0.1) is 0 Å². The summed E-state index contributed by atoms with van der Waals surface area (Å²) >= 11 is 0. The monoisotopic (exact) mass is 391 g/mol. The van der Waals surface area contributed by atoms with E-state index in [0.29, 0.717) is 53.4 Å². The molecule has 7 heteroatoms. The van der Waals surface area contributed by atoms with E-state index in [2.05, 4.69) is 10.1 Å². The number of carbonyl (C=O) groups is 1. The van der Waals surface area contributed by atoms with Crippen molar-refractivity contribution in [2.45, 2.75) is 13.3 Å². The number of carbonyl (C=O) groups excluding carboxylic acids is 1. The number of hydrogen-bond acceptors (Lipinski definition) is 6. The molecule has 3 aromatic heterocycles. The van der Waals surface area contributed by atoms with Gasteiger partial charge in [0.1, 0.15) is 11.4 Å². The number of nitrogens with zero attached hydrogens (tertiary/aromatic N) is 3. The lowest BCUT2D eigenvalue weighted by atomic mass is 10.1. The van der Waals surface area contributed by atoms with Crippen molar-refractivity contribution >= 4 is 17.0 Å². The van der Waals surface area contributed by atoms with Crippen molar-refractivity contribution in [1.29, 1.82) is 0 Å². The van der Waals surface area contributed by atoms with E-state index in [1.807, 2.05) is 30.3 Å². The molecule has 148 valence electrons. The lowest BCUT2D eigenvalue weighted by Crippen LogP contribution is -2.29. The molecule has 0 aliphatic heterocycles. The van der Waals surface area contributed by atoms with Crippen molar-refractivity contribution in [1.82, 2.24) is 15.0 Å². The number of para-hydroxylation sites is 1. The summed E-state index contributed by atoms with van der Waals surface area (Å²) < 4.78 is 16.4. The lowest BCUT2D eigenvalue weighted by Gasteiger charge is -2.18. The SMILES string of the molecule is Cc1noc2nc(-c3ccco3)cc(C(=O)N(C)CCCOc3ccccc3)c12. The number of benzene rings is 1. The van der Waals surface area contributed by atoms with Gasteiger partial charge in [-0.1, -0.05) is 23.4 Å². The molecule has 7 nitrogen and oxygen atoms in total. The first-order valence-electron chi connectivity index (χ1n) is 9.37. The molecule has 4 rings (SSSR count). The Balaban J connectivity index is 1.50. The third kappa shape index (κ3) is 3.99. The van der Waals surface area contributed by atoms with Crippen molar-refractivity contribution in [3.8, 4) is 17.2 Å². The summed E-state index contributed by atoms with van der Waals surface area (Å²) in [5.74, 6) is 1.26. The zero-order valence-corrected chi connectivity index (χ0v) is 16.3. The summed E-state index contributed by atoms with van der Waals surface area (Å²) in [6.45, 7) is 2.87. The van der Waals surface area contributed by atoms with Crippen LogP contribution in [-0.2, 0) is 0 Å². The number of hydrogen-bond donors (Lipinski definition) is 0. The first-order chi connectivity index (χ1) is 14.1. The minimum Gasteiger partial charge on any atom is -0.494 e. The fourth-order valence-electron chi connectivity index (χ4n) is 3.13. The minimum atomic E-state index is -0.129. The highest BCUT2D eigenvalue weighted by atomic mass is 16.5. The van der Waals surface area contributed by atoms with Gasteiger partial charge >= 0.3 is 0 Å². The molecular formula is C22H21N3O4. The summed E-state index contributed by atoms with van der Waals surface area (Å²) in [4.78, 5) is 19.3. The van der Waals surface area contributed by atoms with Gasteiger partial charge < -0.3 is 18.6 Å². The second kappa shape index (κ2) is 8.18. The summed E-state index contributed by atoms with van der Waals surface area (Å²) in [6.07, 6.45) is 2.27. The van der Waals surface area contributed by atoms with Crippen molar-refractivity contribution in [3.05, 3.63) is 66.1 Å². The van der Waals surface area contributed by atoms with Crippen LogP contribution in [0.2, 0.25) is 0 Å². The fourth-order valence-corrected chi connectivity index (χ4v) is 3.13. The Bertz CT molecular complexity index is 1100. The van der Waals surface area contributed by atoms with E-state index in [9.17, 15) is 4.79 Å². The molecule has 1 aromatic carbocycles. The predicted molar refractivity (Wildman–Crippen MR) is 108 cm³/mol. The fraction of sp³-hybridized carbons (Fsp3) is 0.227. The standard InChI is InChI=1S/C22H21N3O4/c1-15-20-17(14-18(19-10-6-12-28-19)23-21(20)29-24-15)22(26)25(2)11-7-13-27-16-8-4-3-5-9-16/h3-6,8-10,12,14H,7,11,13H2,1-2H3. The van der Waals surface area contributed by atoms with Gasteiger partial charge in [0.05, 0.1) is 29.5 Å². The van der Waals surface area contributed by atoms with E-state index in [0.717, 1.165) is 5.75 Å².